The van der Waals surface area contributed by atoms with Gasteiger partial charge in [0.25, 0.3) is 0 Å². The summed E-state index contributed by atoms with van der Waals surface area (Å²) in [6.45, 7) is 7.48. The van der Waals surface area contributed by atoms with Gasteiger partial charge >= 0.3 is 0 Å². The molecular formula is C11H17ClN2S. The molecule has 0 unspecified atom stereocenters. The van der Waals surface area contributed by atoms with Gasteiger partial charge < -0.3 is 5.32 Å². The third-order valence-corrected chi connectivity index (χ3v) is 2.88. The van der Waals surface area contributed by atoms with Crippen molar-refractivity contribution in [1.82, 2.24) is 10.3 Å². The van der Waals surface area contributed by atoms with Gasteiger partial charge in [-0.25, -0.2) is 4.98 Å². The van der Waals surface area contributed by atoms with Crippen molar-refractivity contribution >= 4 is 23.4 Å². The summed E-state index contributed by atoms with van der Waals surface area (Å²) in [4.78, 5) is 4.22. The van der Waals surface area contributed by atoms with E-state index in [0.717, 1.165) is 17.3 Å². The van der Waals surface area contributed by atoms with Crippen LogP contribution in [0.4, 0.5) is 0 Å². The molecule has 1 aromatic heterocycles. The zero-order valence-corrected chi connectivity index (χ0v) is 11.0. The fraction of sp³-hybridized carbons (Fsp3) is 0.545. The van der Waals surface area contributed by atoms with Crippen LogP contribution in [0.5, 0.6) is 0 Å². The molecule has 0 saturated carbocycles. The zero-order chi connectivity index (χ0) is 11.3. The van der Waals surface area contributed by atoms with Gasteiger partial charge in [0.15, 0.2) is 0 Å². The number of aromatic nitrogens is 1. The van der Waals surface area contributed by atoms with Crippen LogP contribution < -0.4 is 5.32 Å². The van der Waals surface area contributed by atoms with Crippen LogP contribution in [0, 0.1) is 0 Å². The Kier molecular flexibility index (Phi) is 4.90. The van der Waals surface area contributed by atoms with Gasteiger partial charge in [0.1, 0.15) is 0 Å². The summed E-state index contributed by atoms with van der Waals surface area (Å²) >= 11 is 7.49. The number of hydrogen-bond acceptors (Lipinski definition) is 3. The SMILES string of the molecule is CC(C)(C)NCCSc1ccc(Cl)cn1. The Labute approximate surface area is 101 Å². The van der Waals surface area contributed by atoms with Crippen LogP contribution in [-0.4, -0.2) is 22.8 Å². The highest BCUT2D eigenvalue weighted by atomic mass is 35.5. The molecule has 0 aliphatic rings. The first kappa shape index (κ1) is 12.8. The molecule has 0 saturated heterocycles. The molecule has 1 heterocycles. The molecule has 0 aliphatic heterocycles. The van der Waals surface area contributed by atoms with E-state index in [9.17, 15) is 0 Å². The molecule has 15 heavy (non-hydrogen) atoms. The lowest BCUT2D eigenvalue weighted by Crippen LogP contribution is -2.37. The van der Waals surface area contributed by atoms with E-state index in [4.69, 9.17) is 11.6 Å². The molecule has 1 rings (SSSR count). The molecule has 84 valence electrons. The number of nitrogens with one attached hydrogen (secondary N) is 1. The number of halogens is 1. The van der Waals surface area contributed by atoms with E-state index in [1.807, 2.05) is 12.1 Å². The zero-order valence-electron chi connectivity index (χ0n) is 9.38. The van der Waals surface area contributed by atoms with Crippen LogP contribution in [0.3, 0.4) is 0 Å². The lowest BCUT2D eigenvalue weighted by atomic mass is 10.1. The van der Waals surface area contributed by atoms with Crippen molar-refractivity contribution in [2.45, 2.75) is 31.3 Å². The van der Waals surface area contributed by atoms with Gasteiger partial charge in [0.2, 0.25) is 0 Å². The summed E-state index contributed by atoms with van der Waals surface area (Å²) < 4.78 is 0. The highest BCUT2D eigenvalue weighted by Gasteiger charge is 2.07. The van der Waals surface area contributed by atoms with Crippen molar-refractivity contribution in [3.05, 3.63) is 23.4 Å². The average Bonchev–Trinajstić information content (AvgIpc) is 2.14. The minimum Gasteiger partial charge on any atom is -0.311 e. The summed E-state index contributed by atoms with van der Waals surface area (Å²) in [6, 6.07) is 3.82. The highest BCUT2D eigenvalue weighted by Crippen LogP contribution is 2.16. The van der Waals surface area contributed by atoms with Gasteiger partial charge in [-0.15, -0.1) is 11.8 Å². The first-order valence-electron chi connectivity index (χ1n) is 4.97. The smallest absolute Gasteiger partial charge is 0.0961 e. The van der Waals surface area contributed by atoms with Crippen molar-refractivity contribution in [3.63, 3.8) is 0 Å². The molecule has 0 aliphatic carbocycles. The molecule has 0 aromatic carbocycles. The summed E-state index contributed by atoms with van der Waals surface area (Å²) in [5, 5.41) is 5.14. The van der Waals surface area contributed by atoms with Crippen molar-refractivity contribution in [2.24, 2.45) is 0 Å². The summed E-state index contributed by atoms with van der Waals surface area (Å²) in [5.74, 6) is 1.02. The minimum atomic E-state index is 0.188. The van der Waals surface area contributed by atoms with Gasteiger partial charge in [0, 0.05) is 24.0 Å². The Hall–Kier alpha value is -0.250. The normalized spacial score (nSPS) is 11.7. The lowest BCUT2D eigenvalue weighted by Gasteiger charge is -2.20. The van der Waals surface area contributed by atoms with E-state index >= 15 is 0 Å². The van der Waals surface area contributed by atoms with Crippen LogP contribution in [-0.2, 0) is 0 Å². The Morgan fingerprint density at radius 3 is 2.67 bits per heavy atom. The van der Waals surface area contributed by atoms with Crippen molar-refractivity contribution in [1.29, 1.82) is 0 Å². The van der Waals surface area contributed by atoms with Crippen LogP contribution in [0.1, 0.15) is 20.8 Å². The molecule has 0 radical (unpaired) electrons. The Balaban J connectivity index is 2.23. The van der Waals surface area contributed by atoms with Gasteiger partial charge in [0.05, 0.1) is 10.0 Å². The van der Waals surface area contributed by atoms with E-state index in [1.54, 1.807) is 18.0 Å². The number of rotatable bonds is 4. The van der Waals surface area contributed by atoms with Gasteiger partial charge in [-0.1, -0.05) is 11.6 Å². The Morgan fingerprint density at radius 2 is 2.13 bits per heavy atom. The highest BCUT2D eigenvalue weighted by molar-refractivity contribution is 7.99. The van der Waals surface area contributed by atoms with Crippen molar-refractivity contribution in [2.75, 3.05) is 12.3 Å². The van der Waals surface area contributed by atoms with Crippen LogP contribution in [0.2, 0.25) is 5.02 Å². The van der Waals surface area contributed by atoms with E-state index in [0.29, 0.717) is 5.02 Å². The maximum Gasteiger partial charge on any atom is 0.0961 e. The lowest BCUT2D eigenvalue weighted by molar-refractivity contribution is 0.441. The van der Waals surface area contributed by atoms with Gasteiger partial charge in [-0.05, 0) is 32.9 Å². The first-order chi connectivity index (χ1) is 6.97. The van der Waals surface area contributed by atoms with Crippen LogP contribution in [0.25, 0.3) is 0 Å². The quantitative estimate of drug-likeness (QED) is 0.650. The predicted octanol–water partition coefficient (Wildman–Crippen LogP) is 3.22. The average molecular weight is 245 g/mol. The van der Waals surface area contributed by atoms with E-state index < -0.39 is 0 Å². The monoisotopic (exact) mass is 244 g/mol. The Bertz CT molecular complexity index is 292. The molecule has 0 amide bonds. The second kappa shape index (κ2) is 5.73. The summed E-state index contributed by atoms with van der Waals surface area (Å²) in [7, 11) is 0. The molecule has 1 aromatic rings. The van der Waals surface area contributed by atoms with Crippen LogP contribution in [0.15, 0.2) is 23.4 Å². The molecule has 0 spiro atoms. The van der Waals surface area contributed by atoms with Gasteiger partial charge in [-0.3, -0.25) is 0 Å². The second-order valence-electron chi connectivity index (χ2n) is 4.34. The first-order valence-corrected chi connectivity index (χ1v) is 6.33. The molecule has 0 fully saturated rings. The van der Waals surface area contributed by atoms with E-state index in [2.05, 4.69) is 31.1 Å². The topological polar surface area (TPSA) is 24.9 Å². The van der Waals surface area contributed by atoms with Crippen molar-refractivity contribution < 1.29 is 0 Å². The van der Waals surface area contributed by atoms with Crippen LogP contribution >= 0.6 is 23.4 Å². The standard InChI is InChI=1S/C11H17ClN2S/c1-11(2,3)14-6-7-15-10-5-4-9(12)8-13-10/h4-5,8,14H,6-7H2,1-3H3. The van der Waals surface area contributed by atoms with Crippen molar-refractivity contribution in [3.8, 4) is 0 Å². The molecule has 4 heteroatoms. The molecule has 0 atom stereocenters. The summed E-state index contributed by atoms with van der Waals surface area (Å²) in [5.41, 5.74) is 0.188. The number of pyridine rings is 1. The van der Waals surface area contributed by atoms with E-state index in [-0.39, 0.29) is 5.54 Å². The fourth-order valence-electron chi connectivity index (χ4n) is 1.03. The summed E-state index contributed by atoms with van der Waals surface area (Å²) in [6.07, 6.45) is 1.68. The number of hydrogen-bond donors (Lipinski definition) is 1. The molecule has 1 N–H and O–H groups in total. The predicted molar refractivity (Wildman–Crippen MR) is 67.7 cm³/mol. The third-order valence-electron chi connectivity index (χ3n) is 1.71. The maximum atomic E-state index is 5.75. The molecule has 0 bridgehead atoms. The Morgan fingerprint density at radius 1 is 1.40 bits per heavy atom. The van der Waals surface area contributed by atoms with E-state index in [1.165, 1.54) is 0 Å². The molecular weight excluding hydrogens is 228 g/mol. The fourth-order valence-corrected chi connectivity index (χ4v) is 1.85. The second-order valence-corrected chi connectivity index (χ2v) is 5.89. The maximum absolute atomic E-state index is 5.75. The third kappa shape index (κ3) is 6.03. The number of nitrogens with zero attached hydrogens (tertiary/aromatic N) is 1. The minimum absolute atomic E-state index is 0.188. The van der Waals surface area contributed by atoms with Gasteiger partial charge in [-0.2, -0.15) is 0 Å². The molecule has 2 nitrogen and oxygen atoms in total. The largest absolute Gasteiger partial charge is 0.311 e. The number of thioether (sulfide) groups is 1.